The number of unbranched alkanes of at least 4 members (excludes halogenated alkanes) is 7. The maximum atomic E-state index is 9.58. The van der Waals surface area contributed by atoms with Gasteiger partial charge in [-0.3, -0.25) is 0 Å². The lowest BCUT2D eigenvalue weighted by atomic mass is 9.96. The fourth-order valence-electron chi connectivity index (χ4n) is 2.66. The summed E-state index contributed by atoms with van der Waals surface area (Å²) in [5.74, 6) is 0.800. The van der Waals surface area contributed by atoms with Crippen LogP contribution in [0.3, 0.4) is 0 Å². The zero-order valence-electron chi connectivity index (χ0n) is 14.8. The zero-order chi connectivity index (χ0) is 16.6. The summed E-state index contributed by atoms with van der Waals surface area (Å²) in [6.45, 7) is 4.43. The summed E-state index contributed by atoms with van der Waals surface area (Å²) < 4.78 is 0. The number of allylic oxidation sites excluding steroid dienone is 1. The van der Waals surface area contributed by atoms with Gasteiger partial charge in [0.1, 0.15) is 0 Å². The van der Waals surface area contributed by atoms with E-state index in [-0.39, 0.29) is 6.61 Å². The molecule has 0 spiro atoms. The van der Waals surface area contributed by atoms with Crippen LogP contribution >= 0.6 is 0 Å². The first kappa shape index (κ1) is 21.6. The molecule has 0 aliphatic heterocycles. The molecule has 4 N–H and O–H groups in total. The van der Waals surface area contributed by atoms with E-state index in [2.05, 4.69) is 13.8 Å². The maximum absolute atomic E-state index is 9.58. The van der Waals surface area contributed by atoms with E-state index in [0.717, 1.165) is 18.8 Å². The van der Waals surface area contributed by atoms with Crippen molar-refractivity contribution in [3.05, 3.63) is 12.2 Å². The molecule has 1 unspecified atom stereocenters. The average Bonchev–Trinajstić information content (AvgIpc) is 2.52. The smallest absolute Gasteiger partial charge is 0.0894 e. The summed E-state index contributed by atoms with van der Waals surface area (Å²) >= 11 is 0. The largest absolute Gasteiger partial charge is 0.395 e. The van der Waals surface area contributed by atoms with Crippen molar-refractivity contribution in [1.29, 1.82) is 0 Å². The lowest BCUT2D eigenvalue weighted by Gasteiger charge is -2.12. The third-order valence-electron chi connectivity index (χ3n) is 4.35. The van der Waals surface area contributed by atoms with E-state index in [1.807, 2.05) is 6.08 Å². The molecule has 22 heavy (non-hydrogen) atoms. The van der Waals surface area contributed by atoms with Crippen LogP contribution in [0.15, 0.2) is 12.2 Å². The van der Waals surface area contributed by atoms with Gasteiger partial charge in [-0.05, 0) is 18.8 Å². The normalized spacial score (nSPS) is 16.0. The maximum Gasteiger partial charge on any atom is 0.0894 e. The number of hydrogen-bond acceptors (Lipinski definition) is 3. The van der Waals surface area contributed by atoms with E-state index in [4.69, 9.17) is 10.8 Å². The summed E-state index contributed by atoms with van der Waals surface area (Å²) in [4.78, 5) is 0. The fourth-order valence-corrected chi connectivity index (χ4v) is 2.66. The number of hydrogen-bond donors (Lipinski definition) is 3. The molecule has 0 aromatic rings. The number of aliphatic hydroxyl groups is 2. The fraction of sp³-hybridized carbons (Fsp3) is 0.895. The summed E-state index contributed by atoms with van der Waals surface area (Å²) in [5.41, 5.74) is 5.53. The monoisotopic (exact) mass is 313 g/mol. The Balaban J connectivity index is 3.42. The first-order valence-electron chi connectivity index (χ1n) is 9.33. The van der Waals surface area contributed by atoms with E-state index in [1.165, 1.54) is 57.8 Å². The van der Waals surface area contributed by atoms with E-state index in [1.54, 1.807) is 6.08 Å². The number of rotatable bonds is 15. The molecule has 0 amide bonds. The Kier molecular flexibility index (Phi) is 15.2. The van der Waals surface area contributed by atoms with Crippen molar-refractivity contribution in [1.82, 2.24) is 0 Å². The van der Waals surface area contributed by atoms with Crippen LogP contribution in [0.25, 0.3) is 0 Å². The second-order valence-corrected chi connectivity index (χ2v) is 6.71. The first-order chi connectivity index (χ1) is 10.6. The summed E-state index contributed by atoms with van der Waals surface area (Å²) in [6, 6.07) is -0.563. The van der Waals surface area contributed by atoms with E-state index < -0.39 is 12.1 Å². The second-order valence-electron chi connectivity index (χ2n) is 6.71. The standard InChI is InChI=1S/C19H39NO2/c1-3-4-5-6-7-8-10-13-17(2)14-11-9-12-15-19(22)18(20)16-21/h12,15,17-19,21-22H,3-11,13-14,16,20H2,1-2H3/t17?,18-,19+/m0/s1. The minimum atomic E-state index is -0.727. The van der Waals surface area contributed by atoms with Gasteiger partial charge in [0, 0.05) is 0 Å². The van der Waals surface area contributed by atoms with Crippen molar-refractivity contribution in [2.24, 2.45) is 11.7 Å². The van der Waals surface area contributed by atoms with Gasteiger partial charge < -0.3 is 15.9 Å². The molecule has 0 aromatic heterocycles. The van der Waals surface area contributed by atoms with Crippen LogP contribution in [0, 0.1) is 5.92 Å². The lowest BCUT2D eigenvalue weighted by Crippen LogP contribution is -2.36. The van der Waals surface area contributed by atoms with Gasteiger partial charge in [0.25, 0.3) is 0 Å². The van der Waals surface area contributed by atoms with Gasteiger partial charge in [-0.1, -0.05) is 83.8 Å². The van der Waals surface area contributed by atoms with E-state index >= 15 is 0 Å². The summed E-state index contributed by atoms with van der Waals surface area (Å²) in [6.07, 6.45) is 17.4. The van der Waals surface area contributed by atoms with Crippen LogP contribution in [0.1, 0.15) is 84.5 Å². The van der Waals surface area contributed by atoms with Gasteiger partial charge in [0.15, 0.2) is 0 Å². The predicted octanol–water partition coefficient (Wildman–Crippen LogP) is 4.17. The molecule has 132 valence electrons. The second kappa shape index (κ2) is 15.5. The molecular weight excluding hydrogens is 274 g/mol. The molecule has 0 rings (SSSR count). The lowest BCUT2D eigenvalue weighted by molar-refractivity contribution is 0.144. The van der Waals surface area contributed by atoms with Crippen molar-refractivity contribution in [3.63, 3.8) is 0 Å². The molecule has 0 aromatic carbocycles. The van der Waals surface area contributed by atoms with Crippen LogP contribution in [-0.4, -0.2) is 29.0 Å². The van der Waals surface area contributed by atoms with Gasteiger partial charge in [-0.25, -0.2) is 0 Å². The number of nitrogens with two attached hydrogens (primary N) is 1. The Morgan fingerprint density at radius 3 is 2.18 bits per heavy atom. The molecule has 0 fully saturated rings. The van der Waals surface area contributed by atoms with Crippen LogP contribution < -0.4 is 5.73 Å². The van der Waals surface area contributed by atoms with Gasteiger partial charge in [-0.15, -0.1) is 0 Å². The quantitative estimate of drug-likeness (QED) is 0.314. The highest BCUT2D eigenvalue weighted by molar-refractivity contribution is 4.93. The van der Waals surface area contributed by atoms with Crippen molar-refractivity contribution < 1.29 is 10.2 Å². The highest BCUT2D eigenvalue weighted by atomic mass is 16.3. The summed E-state index contributed by atoms with van der Waals surface area (Å²) in [5, 5.41) is 18.4. The van der Waals surface area contributed by atoms with Gasteiger partial charge in [-0.2, -0.15) is 0 Å². The van der Waals surface area contributed by atoms with Gasteiger partial charge >= 0.3 is 0 Å². The van der Waals surface area contributed by atoms with Crippen molar-refractivity contribution >= 4 is 0 Å². The molecule has 3 atom stereocenters. The minimum Gasteiger partial charge on any atom is -0.395 e. The molecule has 0 heterocycles. The van der Waals surface area contributed by atoms with E-state index in [0.29, 0.717) is 0 Å². The predicted molar refractivity (Wildman–Crippen MR) is 95.8 cm³/mol. The van der Waals surface area contributed by atoms with Gasteiger partial charge in [0.2, 0.25) is 0 Å². The third-order valence-corrected chi connectivity index (χ3v) is 4.35. The third kappa shape index (κ3) is 13.3. The molecule has 0 saturated heterocycles. The molecular formula is C19H39NO2. The highest BCUT2D eigenvalue weighted by Crippen LogP contribution is 2.17. The number of aliphatic hydroxyl groups excluding tert-OH is 2. The average molecular weight is 314 g/mol. The SMILES string of the molecule is CCCCCCCCCC(C)CCCC=C[C@@H](O)[C@@H](N)CO. The topological polar surface area (TPSA) is 66.5 Å². The van der Waals surface area contributed by atoms with E-state index in [9.17, 15) is 5.11 Å². The van der Waals surface area contributed by atoms with Crippen molar-refractivity contribution in [3.8, 4) is 0 Å². The van der Waals surface area contributed by atoms with Crippen LogP contribution in [0.5, 0.6) is 0 Å². The molecule has 0 bridgehead atoms. The molecule has 3 nitrogen and oxygen atoms in total. The summed E-state index contributed by atoms with van der Waals surface area (Å²) in [7, 11) is 0. The Hall–Kier alpha value is -0.380. The van der Waals surface area contributed by atoms with Crippen molar-refractivity contribution in [2.75, 3.05) is 6.61 Å². The van der Waals surface area contributed by atoms with Crippen LogP contribution in [-0.2, 0) is 0 Å². The Bertz CT molecular complexity index is 256. The molecule has 0 aliphatic carbocycles. The van der Waals surface area contributed by atoms with Crippen LogP contribution in [0.4, 0.5) is 0 Å². The highest BCUT2D eigenvalue weighted by Gasteiger charge is 2.08. The first-order valence-corrected chi connectivity index (χ1v) is 9.33. The zero-order valence-corrected chi connectivity index (χ0v) is 14.8. The molecule has 0 aliphatic rings. The Morgan fingerprint density at radius 1 is 0.955 bits per heavy atom. The van der Waals surface area contributed by atoms with Crippen LogP contribution in [0.2, 0.25) is 0 Å². The Morgan fingerprint density at radius 2 is 1.55 bits per heavy atom. The van der Waals surface area contributed by atoms with Gasteiger partial charge in [0.05, 0.1) is 18.8 Å². The van der Waals surface area contributed by atoms with Crippen molar-refractivity contribution in [2.45, 2.75) is 96.6 Å². The molecule has 0 saturated carbocycles. The molecule has 3 heteroatoms. The Labute approximate surface area is 138 Å². The molecule has 0 radical (unpaired) electrons. The minimum absolute atomic E-state index is 0.180.